The summed E-state index contributed by atoms with van der Waals surface area (Å²) in [6, 6.07) is 7.50. The second-order valence-corrected chi connectivity index (χ2v) is 4.85. The monoisotopic (exact) mass is 289 g/mol. The van der Waals surface area contributed by atoms with E-state index in [0.29, 0.717) is 21.9 Å². The molecule has 0 amide bonds. The maximum absolute atomic E-state index is 13.0. The summed E-state index contributed by atoms with van der Waals surface area (Å²) in [5.74, 6) is -0.199. The smallest absolute Gasteiger partial charge is 0.209 e. The molecule has 0 saturated heterocycles. The number of pyridine rings is 1. The number of imidazole rings is 1. The predicted molar refractivity (Wildman–Crippen MR) is 75.8 cm³/mol. The van der Waals surface area contributed by atoms with Crippen molar-refractivity contribution in [1.29, 1.82) is 0 Å². The Balaban J connectivity index is 2.33. The zero-order valence-corrected chi connectivity index (χ0v) is 11.2. The molecule has 0 N–H and O–H groups in total. The van der Waals surface area contributed by atoms with Crippen molar-refractivity contribution in [3.63, 3.8) is 0 Å². The van der Waals surface area contributed by atoms with Gasteiger partial charge in [0.1, 0.15) is 17.2 Å². The molecule has 0 bridgehead atoms. The zero-order valence-electron chi connectivity index (χ0n) is 10.5. The third kappa shape index (κ3) is 1.96. The van der Waals surface area contributed by atoms with Gasteiger partial charge in [0, 0.05) is 11.8 Å². The van der Waals surface area contributed by atoms with E-state index in [9.17, 15) is 9.30 Å². The largest absolute Gasteiger partial charge is 0.279 e. The molecule has 0 aliphatic rings. The Kier molecular flexibility index (Phi) is 2.99. The molecule has 0 spiro atoms. The van der Waals surface area contributed by atoms with Gasteiger partial charge in [0.2, 0.25) is 5.82 Å². The molecule has 100 valence electrons. The second-order valence-electron chi connectivity index (χ2n) is 4.42. The summed E-state index contributed by atoms with van der Waals surface area (Å²) in [6.45, 7) is 1.84. The van der Waals surface area contributed by atoms with Gasteiger partial charge in [0.15, 0.2) is 0 Å². The molecule has 0 aliphatic carbocycles. The molecule has 1 aromatic carbocycles. The first-order valence-corrected chi connectivity index (χ1v) is 6.25. The van der Waals surface area contributed by atoms with Crippen LogP contribution in [0.5, 0.6) is 0 Å². The highest BCUT2D eigenvalue weighted by atomic mass is 35.5. The van der Waals surface area contributed by atoms with E-state index >= 15 is 0 Å². The van der Waals surface area contributed by atoms with E-state index < -0.39 is 0 Å². The van der Waals surface area contributed by atoms with Crippen LogP contribution in [0.1, 0.15) is 5.56 Å². The summed E-state index contributed by atoms with van der Waals surface area (Å²) >= 11 is 5.99. The van der Waals surface area contributed by atoms with Crippen molar-refractivity contribution in [2.75, 3.05) is 0 Å². The number of nitroso groups, excluding NO2 is 1. The van der Waals surface area contributed by atoms with Gasteiger partial charge in [0.05, 0.1) is 5.02 Å². The van der Waals surface area contributed by atoms with E-state index in [2.05, 4.69) is 10.2 Å². The summed E-state index contributed by atoms with van der Waals surface area (Å²) in [7, 11) is 0. The molecule has 0 fully saturated rings. The third-order valence-electron chi connectivity index (χ3n) is 3.05. The van der Waals surface area contributed by atoms with Gasteiger partial charge < -0.3 is 0 Å². The average Bonchev–Trinajstić information content (AvgIpc) is 2.78. The van der Waals surface area contributed by atoms with Crippen molar-refractivity contribution in [2.24, 2.45) is 5.18 Å². The predicted octanol–water partition coefficient (Wildman–Crippen LogP) is 4.50. The Morgan fingerprint density at radius 1 is 1.30 bits per heavy atom. The molecule has 20 heavy (non-hydrogen) atoms. The molecule has 0 atom stereocenters. The Bertz CT molecular complexity index is 811. The number of hydrogen-bond donors (Lipinski definition) is 0. The number of aryl methyl sites for hydroxylation is 1. The van der Waals surface area contributed by atoms with E-state index in [1.54, 1.807) is 28.8 Å². The fraction of sp³-hybridized carbons (Fsp3) is 0.0714. The van der Waals surface area contributed by atoms with Crippen molar-refractivity contribution >= 4 is 23.1 Å². The quantitative estimate of drug-likeness (QED) is 0.652. The Morgan fingerprint density at radius 2 is 2.00 bits per heavy atom. The number of nitrogens with zero attached hydrogens (tertiary/aromatic N) is 3. The molecule has 6 heteroatoms. The topological polar surface area (TPSA) is 46.7 Å². The molecule has 2 aromatic heterocycles. The molecule has 0 radical (unpaired) electrons. The number of aromatic nitrogens is 2. The Morgan fingerprint density at radius 3 is 2.65 bits per heavy atom. The fourth-order valence-corrected chi connectivity index (χ4v) is 2.41. The van der Waals surface area contributed by atoms with Gasteiger partial charge in [-0.25, -0.2) is 9.37 Å². The molecule has 3 aromatic rings. The number of halogens is 2. The minimum Gasteiger partial charge on any atom is -0.279 e. The van der Waals surface area contributed by atoms with Crippen LogP contribution >= 0.6 is 11.6 Å². The molecule has 4 nitrogen and oxygen atoms in total. The van der Waals surface area contributed by atoms with Crippen LogP contribution in [0, 0.1) is 17.6 Å². The number of benzene rings is 1. The number of rotatable bonds is 2. The van der Waals surface area contributed by atoms with Crippen LogP contribution in [0.4, 0.5) is 10.2 Å². The molecule has 0 saturated carbocycles. The SMILES string of the molecule is Cc1cc(Cl)cn2c(N=O)c(-c3ccc(F)cc3)nc12. The standard InChI is InChI=1S/C14H9ClFN3O/c1-8-6-10(15)7-19-13(8)17-12(14(19)18-20)9-2-4-11(16)5-3-9/h2-7H,1H3. The minimum atomic E-state index is -0.350. The highest BCUT2D eigenvalue weighted by molar-refractivity contribution is 6.30. The lowest BCUT2D eigenvalue weighted by Crippen LogP contribution is -1.87. The van der Waals surface area contributed by atoms with Crippen LogP contribution in [0.3, 0.4) is 0 Å². The summed E-state index contributed by atoms with van der Waals surface area (Å²) in [4.78, 5) is 15.5. The lowest BCUT2D eigenvalue weighted by molar-refractivity contribution is 0.628. The lowest BCUT2D eigenvalue weighted by Gasteiger charge is -1.99. The minimum absolute atomic E-state index is 0.150. The first-order valence-electron chi connectivity index (χ1n) is 5.87. The Hall–Kier alpha value is -2.27. The van der Waals surface area contributed by atoms with Gasteiger partial charge in [-0.05, 0) is 48.0 Å². The lowest BCUT2D eigenvalue weighted by atomic mass is 10.1. The summed E-state index contributed by atoms with van der Waals surface area (Å²) < 4.78 is 14.5. The van der Waals surface area contributed by atoms with Crippen LogP contribution < -0.4 is 0 Å². The van der Waals surface area contributed by atoms with E-state index in [4.69, 9.17) is 11.6 Å². The normalized spacial score (nSPS) is 10.9. The maximum atomic E-state index is 13.0. The fourth-order valence-electron chi connectivity index (χ4n) is 2.15. The van der Waals surface area contributed by atoms with Crippen LogP contribution in [0.2, 0.25) is 5.02 Å². The van der Waals surface area contributed by atoms with Gasteiger partial charge in [-0.15, -0.1) is 4.91 Å². The number of fused-ring (bicyclic) bond motifs is 1. The molecular formula is C14H9ClFN3O. The van der Waals surface area contributed by atoms with Crippen LogP contribution in [-0.2, 0) is 0 Å². The molecule has 2 heterocycles. The summed E-state index contributed by atoms with van der Waals surface area (Å²) in [5.41, 5.74) is 2.46. The molecule has 3 rings (SSSR count). The van der Waals surface area contributed by atoms with Crippen LogP contribution in [0.15, 0.2) is 41.7 Å². The van der Waals surface area contributed by atoms with Crippen molar-refractivity contribution in [1.82, 2.24) is 9.38 Å². The van der Waals surface area contributed by atoms with Gasteiger partial charge >= 0.3 is 0 Å². The van der Waals surface area contributed by atoms with E-state index in [1.807, 2.05) is 6.92 Å². The highest BCUT2D eigenvalue weighted by Gasteiger charge is 2.16. The summed E-state index contributed by atoms with van der Waals surface area (Å²) in [5, 5.41) is 3.53. The second kappa shape index (κ2) is 4.68. The highest BCUT2D eigenvalue weighted by Crippen LogP contribution is 2.32. The van der Waals surface area contributed by atoms with E-state index in [1.165, 1.54) is 12.1 Å². The van der Waals surface area contributed by atoms with Crippen LogP contribution in [0.25, 0.3) is 16.9 Å². The van der Waals surface area contributed by atoms with Gasteiger partial charge in [-0.1, -0.05) is 11.6 Å². The van der Waals surface area contributed by atoms with E-state index in [0.717, 1.165) is 5.56 Å². The van der Waals surface area contributed by atoms with Gasteiger partial charge in [-0.3, -0.25) is 4.40 Å². The maximum Gasteiger partial charge on any atom is 0.209 e. The third-order valence-corrected chi connectivity index (χ3v) is 3.26. The first kappa shape index (κ1) is 12.7. The van der Waals surface area contributed by atoms with Gasteiger partial charge in [-0.2, -0.15) is 0 Å². The van der Waals surface area contributed by atoms with Crippen molar-refractivity contribution < 1.29 is 4.39 Å². The van der Waals surface area contributed by atoms with Crippen molar-refractivity contribution in [3.8, 4) is 11.3 Å². The molecule has 0 aliphatic heterocycles. The first-order chi connectivity index (χ1) is 9.60. The van der Waals surface area contributed by atoms with E-state index in [-0.39, 0.29) is 11.6 Å². The Labute approximate surface area is 118 Å². The molecule has 0 unspecified atom stereocenters. The molecular weight excluding hydrogens is 281 g/mol. The van der Waals surface area contributed by atoms with Crippen molar-refractivity contribution in [2.45, 2.75) is 6.92 Å². The number of hydrogen-bond acceptors (Lipinski definition) is 3. The van der Waals surface area contributed by atoms with Crippen molar-refractivity contribution in [3.05, 3.63) is 57.8 Å². The van der Waals surface area contributed by atoms with Crippen LogP contribution in [-0.4, -0.2) is 9.38 Å². The van der Waals surface area contributed by atoms with Gasteiger partial charge in [0.25, 0.3) is 0 Å². The average molecular weight is 290 g/mol. The summed E-state index contributed by atoms with van der Waals surface area (Å²) in [6.07, 6.45) is 1.58. The zero-order chi connectivity index (χ0) is 14.3.